The minimum Gasteiger partial charge on any atom is -0.390 e. The summed E-state index contributed by atoms with van der Waals surface area (Å²) in [5.74, 6) is -1.08. The van der Waals surface area contributed by atoms with E-state index in [4.69, 9.17) is 0 Å². The first-order valence-corrected chi connectivity index (χ1v) is 5.86. The Morgan fingerprint density at radius 2 is 1.88 bits per heavy atom. The van der Waals surface area contributed by atoms with Gasteiger partial charge in [-0.1, -0.05) is 12.8 Å². The van der Waals surface area contributed by atoms with Crippen LogP contribution < -0.4 is 0 Å². The van der Waals surface area contributed by atoms with Gasteiger partial charge in [0.05, 0.1) is 11.7 Å². The van der Waals surface area contributed by atoms with Gasteiger partial charge in [-0.2, -0.15) is 0 Å². The van der Waals surface area contributed by atoms with Crippen LogP contribution in [0.4, 0.5) is 8.78 Å². The second-order valence-electron chi connectivity index (χ2n) is 4.77. The summed E-state index contributed by atoms with van der Waals surface area (Å²) >= 11 is 0. The molecule has 1 saturated carbocycles. The van der Waals surface area contributed by atoms with E-state index in [0.717, 1.165) is 31.0 Å². The number of aliphatic hydroxyl groups is 2. The van der Waals surface area contributed by atoms with Gasteiger partial charge in [-0.15, -0.1) is 0 Å². The van der Waals surface area contributed by atoms with E-state index in [1.807, 2.05) is 0 Å². The highest BCUT2D eigenvalue weighted by Gasteiger charge is 2.38. The normalized spacial score (nSPS) is 20.5. The van der Waals surface area contributed by atoms with Gasteiger partial charge in [0, 0.05) is 6.42 Å². The van der Waals surface area contributed by atoms with Crippen LogP contribution in [-0.4, -0.2) is 21.9 Å². The molecule has 0 radical (unpaired) electrons. The molecule has 0 saturated heterocycles. The van der Waals surface area contributed by atoms with Gasteiger partial charge in [-0.3, -0.25) is 0 Å². The first-order valence-electron chi connectivity index (χ1n) is 5.86. The molecule has 17 heavy (non-hydrogen) atoms. The van der Waals surface area contributed by atoms with Crippen LogP contribution in [0, 0.1) is 11.6 Å². The molecule has 0 aromatic heterocycles. The number of hydrogen-bond acceptors (Lipinski definition) is 2. The first kappa shape index (κ1) is 12.5. The van der Waals surface area contributed by atoms with Crippen molar-refractivity contribution in [2.45, 2.75) is 43.8 Å². The van der Waals surface area contributed by atoms with Crippen LogP contribution in [0.1, 0.15) is 31.2 Å². The molecular weight excluding hydrogens is 226 g/mol. The maximum Gasteiger partial charge on any atom is 0.126 e. The molecule has 1 aromatic rings. The maximum absolute atomic E-state index is 13.4. The summed E-state index contributed by atoms with van der Waals surface area (Å²) in [6.45, 7) is 0. The molecule has 2 rings (SSSR count). The third-order valence-corrected chi connectivity index (χ3v) is 3.51. The van der Waals surface area contributed by atoms with Crippen molar-refractivity contribution in [1.82, 2.24) is 0 Å². The zero-order valence-electron chi connectivity index (χ0n) is 9.50. The van der Waals surface area contributed by atoms with Crippen molar-refractivity contribution in [2.24, 2.45) is 0 Å². The van der Waals surface area contributed by atoms with Crippen molar-refractivity contribution >= 4 is 0 Å². The van der Waals surface area contributed by atoms with Crippen molar-refractivity contribution in [3.05, 3.63) is 35.4 Å². The Labute approximate surface area is 98.9 Å². The number of benzene rings is 1. The first-order chi connectivity index (χ1) is 8.01. The summed E-state index contributed by atoms with van der Waals surface area (Å²) in [7, 11) is 0. The number of rotatable bonds is 3. The monoisotopic (exact) mass is 242 g/mol. The summed E-state index contributed by atoms with van der Waals surface area (Å²) in [6.07, 6.45) is 1.66. The standard InChI is InChI=1S/C13H16F2O2/c14-10-3-4-11(15)9(7-10)8-12(16)13(17)5-1-2-6-13/h3-4,7,12,16-17H,1-2,5-6,8H2. The van der Waals surface area contributed by atoms with Gasteiger partial charge in [0.1, 0.15) is 11.6 Å². The molecular formula is C13H16F2O2. The molecule has 94 valence electrons. The van der Waals surface area contributed by atoms with Crippen LogP contribution in [0.2, 0.25) is 0 Å². The van der Waals surface area contributed by atoms with Crippen LogP contribution in [0.15, 0.2) is 18.2 Å². The SMILES string of the molecule is OC(Cc1cc(F)ccc1F)C1(O)CCCC1. The molecule has 2 nitrogen and oxygen atoms in total. The summed E-state index contributed by atoms with van der Waals surface area (Å²) in [4.78, 5) is 0. The van der Waals surface area contributed by atoms with Gasteiger partial charge >= 0.3 is 0 Å². The van der Waals surface area contributed by atoms with Crippen LogP contribution in [0.25, 0.3) is 0 Å². The van der Waals surface area contributed by atoms with Gasteiger partial charge in [-0.05, 0) is 36.6 Å². The maximum atomic E-state index is 13.4. The van der Waals surface area contributed by atoms with Crippen LogP contribution in [0.5, 0.6) is 0 Å². The lowest BCUT2D eigenvalue weighted by molar-refractivity contribution is -0.0692. The predicted octanol–water partition coefficient (Wildman–Crippen LogP) is 2.17. The van der Waals surface area contributed by atoms with E-state index in [9.17, 15) is 19.0 Å². The van der Waals surface area contributed by atoms with Crippen LogP contribution in [-0.2, 0) is 6.42 Å². The van der Waals surface area contributed by atoms with E-state index >= 15 is 0 Å². The average molecular weight is 242 g/mol. The third kappa shape index (κ3) is 2.64. The lowest BCUT2D eigenvalue weighted by atomic mass is 9.90. The van der Waals surface area contributed by atoms with Crippen molar-refractivity contribution in [3.8, 4) is 0 Å². The van der Waals surface area contributed by atoms with E-state index < -0.39 is 23.3 Å². The lowest BCUT2D eigenvalue weighted by Gasteiger charge is -2.28. The van der Waals surface area contributed by atoms with Crippen LogP contribution in [0.3, 0.4) is 0 Å². The molecule has 1 fully saturated rings. The Hall–Kier alpha value is -1.00. The Morgan fingerprint density at radius 3 is 2.53 bits per heavy atom. The molecule has 0 spiro atoms. The minimum atomic E-state index is -1.14. The summed E-state index contributed by atoms with van der Waals surface area (Å²) < 4.78 is 26.3. The average Bonchev–Trinajstić information content (AvgIpc) is 2.72. The molecule has 0 heterocycles. The fourth-order valence-electron chi connectivity index (χ4n) is 2.42. The molecule has 1 unspecified atom stereocenters. The number of hydrogen-bond donors (Lipinski definition) is 2. The van der Waals surface area contributed by atoms with Crippen molar-refractivity contribution < 1.29 is 19.0 Å². The molecule has 0 aliphatic heterocycles. The smallest absolute Gasteiger partial charge is 0.126 e. The molecule has 2 N–H and O–H groups in total. The summed E-state index contributed by atoms with van der Waals surface area (Å²) in [5, 5.41) is 20.1. The molecule has 0 amide bonds. The zero-order valence-corrected chi connectivity index (χ0v) is 9.50. The highest BCUT2D eigenvalue weighted by Crippen LogP contribution is 2.33. The van der Waals surface area contributed by atoms with Gasteiger partial charge in [0.25, 0.3) is 0 Å². The molecule has 1 atom stereocenters. The quantitative estimate of drug-likeness (QED) is 0.852. The minimum absolute atomic E-state index is 0.0555. The van der Waals surface area contributed by atoms with E-state index in [1.165, 1.54) is 0 Å². The second-order valence-corrected chi connectivity index (χ2v) is 4.77. The van der Waals surface area contributed by atoms with Crippen molar-refractivity contribution in [3.63, 3.8) is 0 Å². The Balaban J connectivity index is 2.12. The Kier molecular flexibility index (Phi) is 3.45. The van der Waals surface area contributed by atoms with Crippen molar-refractivity contribution in [1.29, 1.82) is 0 Å². The zero-order chi connectivity index (χ0) is 12.5. The topological polar surface area (TPSA) is 40.5 Å². The van der Waals surface area contributed by atoms with E-state index in [1.54, 1.807) is 0 Å². The molecule has 1 aliphatic carbocycles. The number of aliphatic hydroxyl groups excluding tert-OH is 1. The molecule has 1 aliphatic rings. The fraction of sp³-hybridized carbons (Fsp3) is 0.538. The number of halogens is 2. The summed E-state index contributed by atoms with van der Waals surface area (Å²) in [6, 6.07) is 3.14. The third-order valence-electron chi connectivity index (χ3n) is 3.51. The molecule has 4 heteroatoms. The highest BCUT2D eigenvalue weighted by atomic mass is 19.1. The summed E-state index contributed by atoms with van der Waals surface area (Å²) in [5.41, 5.74) is -1.03. The predicted molar refractivity (Wildman–Crippen MR) is 59.5 cm³/mol. The lowest BCUT2D eigenvalue weighted by Crippen LogP contribution is -2.41. The van der Waals surface area contributed by atoms with E-state index in [2.05, 4.69) is 0 Å². The van der Waals surface area contributed by atoms with Crippen molar-refractivity contribution in [2.75, 3.05) is 0 Å². The largest absolute Gasteiger partial charge is 0.390 e. The Morgan fingerprint density at radius 1 is 1.24 bits per heavy atom. The van der Waals surface area contributed by atoms with Gasteiger partial charge in [0.2, 0.25) is 0 Å². The van der Waals surface area contributed by atoms with E-state index in [0.29, 0.717) is 12.8 Å². The molecule has 1 aromatic carbocycles. The molecule has 0 bridgehead atoms. The van der Waals surface area contributed by atoms with Crippen LogP contribution >= 0.6 is 0 Å². The second kappa shape index (κ2) is 4.70. The van der Waals surface area contributed by atoms with Gasteiger partial charge in [-0.25, -0.2) is 8.78 Å². The van der Waals surface area contributed by atoms with Gasteiger partial charge in [0.15, 0.2) is 0 Å². The fourth-order valence-corrected chi connectivity index (χ4v) is 2.42. The van der Waals surface area contributed by atoms with E-state index in [-0.39, 0.29) is 12.0 Å². The Bertz CT molecular complexity index is 400. The highest BCUT2D eigenvalue weighted by molar-refractivity contribution is 5.20. The van der Waals surface area contributed by atoms with Gasteiger partial charge < -0.3 is 10.2 Å².